The average molecular weight is 279 g/mol. The van der Waals surface area contributed by atoms with Crippen molar-refractivity contribution in [1.29, 1.82) is 0 Å². The van der Waals surface area contributed by atoms with Gasteiger partial charge >= 0.3 is 0 Å². The third kappa shape index (κ3) is 3.46. The highest BCUT2D eigenvalue weighted by molar-refractivity contribution is 5.93. The van der Waals surface area contributed by atoms with Crippen molar-refractivity contribution in [1.82, 2.24) is 9.88 Å². The summed E-state index contributed by atoms with van der Waals surface area (Å²) < 4.78 is 6.50. The van der Waals surface area contributed by atoms with Crippen LogP contribution in [0.4, 0.5) is 5.69 Å². The highest BCUT2D eigenvalue weighted by atomic mass is 16.5. The summed E-state index contributed by atoms with van der Waals surface area (Å²) in [5, 5.41) is 6.13. The van der Waals surface area contributed by atoms with Crippen LogP contribution in [0.5, 0.6) is 0 Å². The van der Waals surface area contributed by atoms with Crippen LogP contribution in [0.2, 0.25) is 0 Å². The fraction of sp³-hybridized carbons (Fsp3) is 0.571. The van der Waals surface area contributed by atoms with E-state index in [1.807, 2.05) is 6.92 Å². The van der Waals surface area contributed by atoms with Crippen LogP contribution < -0.4 is 16.2 Å². The number of methoxy groups -OCH3 is 1. The van der Waals surface area contributed by atoms with Crippen molar-refractivity contribution in [3.63, 3.8) is 0 Å². The third-order valence-corrected chi connectivity index (χ3v) is 3.65. The van der Waals surface area contributed by atoms with Crippen molar-refractivity contribution >= 4 is 11.6 Å². The maximum absolute atomic E-state index is 12.2. The second-order valence-electron chi connectivity index (χ2n) is 5.07. The molecule has 2 rings (SSSR count). The standard InChI is InChI=1S/C14H21N3O3/c1-10-12(5-6-15-10)14(19)16-11-3-4-13(18)17(9-11)7-8-20-2/h3-4,9-10,12,15H,5-8H2,1-2H3,(H,16,19). The summed E-state index contributed by atoms with van der Waals surface area (Å²) in [5.74, 6) is -0.0196. The highest BCUT2D eigenvalue weighted by Gasteiger charge is 2.29. The van der Waals surface area contributed by atoms with Gasteiger partial charge in [-0.1, -0.05) is 0 Å². The summed E-state index contributed by atoms with van der Waals surface area (Å²) >= 11 is 0. The van der Waals surface area contributed by atoms with Gasteiger partial charge in [-0.2, -0.15) is 0 Å². The molecule has 1 fully saturated rings. The van der Waals surface area contributed by atoms with Gasteiger partial charge in [-0.05, 0) is 26.0 Å². The molecule has 1 saturated heterocycles. The first kappa shape index (κ1) is 14.7. The smallest absolute Gasteiger partial charge is 0.250 e. The van der Waals surface area contributed by atoms with Gasteiger partial charge in [-0.25, -0.2) is 0 Å². The zero-order chi connectivity index (χ0) is 14.5. The van der Waals surface area contributed by atoms with Gasteiger partial charge in [0, 0.05) is 32.0 Å². The van der Waals surface area contributed by atoms with Crippen molar-refractivity contribution in [3.8, 4) is 0 Å². The van der Waals surface area contributed by atoms with Crippen LogP contribution in [-0.4, -0.2) is 36.8 Å². The topological polar surface area (TPSA) is 72.4 Å². The zero-order valence-electron chi connectivity index (χ0n) is 11.9. The van der Waals surface area contributed by atoms with Crippen molar-refractivity contribution < 1.29 is 9.53 Å². The lowest BCUT2D eigenvalue weighted by molar-refractivity contribution is -0.120. The molecule has 0 bridgehead atoms. The molecule has 0 radical (unpaired) electrons. The maximum Gasteiger partial charge on any atom is 0.250 e. The molecule has 6 nitrogen and oxygen atoms in total. The Balaban J connectivity index is 2.05. The molecule has 1 aliphatic rings. The van der Waals surface area contributed by atoms with E-state index in [-0.39, 0.29) is 23.4 Å². The number of rotatable bonds is 5. The normalized spacial score (nSPS) is 21.9. The number of hydrogen-bond acceptors (Lipinski definition) is 4. The van der Waals surface area contributed by atoms with Crippen LogP contribution in [0.25, 0.3) is 0 Å². The molecule has 2 N–H and O–H groups in total. The molecule has 0 saturated carbocycles. The number of carbonyl (C=O) groups is 1. The molecule has 1 aromatic heterocycles. The van der Waals surface area contributed by atoms with E-state index in [0.29, 0.717) is 18.8 Å². The lowest BCUT2D eigenvalue weighted by Gasteiger charge is -2.15. The van der Waals surface area contributed by atoms with Crippen molar-refractivity contribution in [3.05, 3.63) is 28.7 Å². The summed E-state index contributed by atoms with van der Waals surface area (Å²) in [6.45, 7) is 3.81. The first-order chi connectivity index (χ1) is 9.61. The van der Waals surface area contributed by atoms with Gasteiger partial charge in [0.05, 0.1) is 18.2 Å². The molecule has 0 aliphatic carbocycles. The Bertz CT molecular complexity index is 527. The average Bonchev–Trinajstić information content (AvgIpc) is 2.85. The first-order valence-electron chi connectivity index (χ1n) is 6.85. The van der Waals surface area contributed by atoms with E-state index in [9.17, 15) is 9.59 Å². The predicted octanol–water partition coefficient (Wildman–Crippen LogP) is 0.431. The molecule has 0 spiro atoms. The fourth-order valence-corrected chi connectivity index (χ4v) is 2.42. The van der Waals surface area contributed by atoms with Gasteiger partial charge in [0.15, 0.2) is 0 Å². The molecule has 1 amide bonds. The highest BCUT2D eigenvalue weighted by Crippen LogP contribution is 2.17. The maximum atomic E-state index is 12.2. The number of nitrogens with one attached hydrogen (secondary N) is 2. The Morgan fingerprint density at radius 1 is 1.55 bits per heavy atom. The van der Waals surface area contributed by atoms with Gasteiger partial charge in [-0.3, -0.25) is 9.59 Å². The Morgan fingerprint density at radius 2 is 2.35 bits per heavy atom. The number of ether oxygens (including phenoxy) is 1. The number of hydrogen-bond donors (Lipinski definition) is 2. The minimum atomic E-state index is -0.101. The van der Waals surface area contributed by atoms with Crippen molar-refractivity contribution in [2.75, 3.05) is 25.6 Å². The summed E-state index contributed by atoms with van der Waals surface area (Å²) in [5.41, 5.74) is 0.542. The molecule has 0 aromatic carbocycles. The van der Waals surface area contributed by atoms with Crippen molar-refractivity contribution in [2.45, 2.75) is 25.9 Å². The minimum absolute atomic E-state index is 0.000518. The zero-order valence-corrected chi connectivity index (χ0v) is 11.9. The molecule has 1 aliphatic heterocycles. The van der Waals surface area contributed by atoms with Gasteiger partial charge < -0.3 is 19.9 Å². The molecule has 110 valence electrons. The van der Waals surface area contributed by atoms with E-state index in [0.717, 1.165) is 13.0 Å². The second-order valence-corrected chi connectivity index (χ2v) is 5.07. The molecular formula is C14H21N3O3. The largest absolute Gasteiger partial charge is 0.383 e. The van der Waals surface area contributed by atoms with E-state index in [1.165, 1.54) is 10.6 Å². The number of nitrogens with zero attached hydrogens (tertiary/aromatic N) is 1. The molecule has 6 heteroatoms. The van der Waals surface area contributed by atoms with Crippen LogP contribution in [0, 0.1) is 5.92 Å². The Hall–Kier alpha value is -1.66. The van der Waals surface area contributed by atoms with Crippen LogP contribution in [-0.2, 0) is 16.1 Å². The minimum Gasteiger partial charge on any atom is -0.383 e. The number of pyridine rings is 1. The molecule has 2 unspecified atom stereocenters. The third-order valence-electron chi connectivity index (χ3n) is 3.65. The summed E-state index contributed by atoms with van der Waals surface area (Å²) in [4.78, 5) is 23.8. The van der Waals surface area contributed by atoms with E-state index in [1.54, 1.807) is 19.4 Å². The summed E-state index contributed by atoms with van der Waals surface area (Å²) in [6.07, 6.45) is 2.50. The van der Waals surface area contributed by atoms with Crippen LogP contribution in [0.3, 0.4) is 0 Å². The van der Waals surface area contributed by atoms with Crippen LogP contribution in [0.1, 0.15) is 13.3 Å². The second kappa shape index (κ2) is 6.67. The Kier molecular flexibility index (Phi) is 4.92. The lowest BCUT2D eigenvalue weighted by Crippen LogP contribution is -2.32. The van der Waals surface area contributed by atoms with E-state index >= 15 is 0 Å². The summed E-state index contributed by atoms with van der Waals surface area (Å²) in [6, 6.07) is 3.28. The predicted molar refractivity (Wildman–Crippen MR) is 76.8 cm³/mol. The first-order valence-corrected chi connectivity index (χ1v) is 6.85. The molecule has 1 aromatic rings. The number of anilines is 1. The van der Waals surface area contributed by atoms with E-state index < -0.39 is 0 Å². The van der Waals surface area contributed by atoms with Gasteiger partial charge in [-0.15, -0.1) is 0 Å². The van der Waals surface area contributed by atoms with Gasteiger partial charge in [0.1, 0.15) is 0 Å². The Labute approximate surface area is 118 Å². The monoisotopic (exact) mass is 279 g/mol. The summed E-state index contributed by atoms with van der Waals surface area (Å²) in [7, 11) is 1.59. The Morgan fingerprint density at radius 3 is 3.00 bits per heavy atom. The van der Waals surface area contributed by atoms with Gasteiger partial charge in [0.25, 0.3) is 5.56 Å². The van der Waals surface area contributed by atoms with E-state index in [2.05, 4.69) is 10.6 Å². The molecule has 20 heavy (non-hydrogen) atoms. The quantitative estimate of drug-likeness (QED) is 0.820. The van der Waals surface area contributed by atoms with Crippen LogP contribution in [0.15, 0.2) is 23.1 Å². The lowest BCUT2D eigenvalue weighted by atomic mass is 10.0. The van der Waals surface area contributed by atoms with Gasteiger partial charge in [0.2, 0.25) is 5.91 Å². The van der Waals surface area contributed by atoms with E-state index in [4.69, 9.17) is 4.74 Å². The SMILES string of the molecule is COCCn1cc(NC(=O)C2CCNC2C)ccc1=O. The number of carbonyl (C=O) groups excluding carboxylic acids is 1. The molecule has 2 atom stereocenters. The number of amides is 1. The molecular weight excluding hydrogens is 258 g/mol. The number of aromatic nitrogens is 1. The molecule has 2 heterocycles. The fourth-order valence-electron chi connectivity index (χ4n) is 2.42. The van der Waals surface area contributed by atoms with Crippen molar-refractivity contribution in [2.24, 2.45) is 5.92 Å². The van der Waals surface area contributed by atoms with Crippen LogP contribution >= 0.6 is 0 Å².